The summed E-state index contributed by atoms with van der Waals surface area (Å²) in [6.45, 7) is 0.521. The second-order valence-corrected chi connectivity index (χ2v) is 5.68. The normalized spacial score (nSPS) is 34.2. The zero-order valence-corrected chi connectivity index (χ0v) is 10.5. The van der Waals surface area contributed by atoms with Crippen LogP contribution < -0.4 is 5.73 Å². The number of hydrogen-bond acceptors (Lipinski definition) is 4. The van der Waals surface area contributed by atoms with E-state index in [1.54, 1.807) is 0 Å². The van der Waals surface area contributed by atoms with E-state index in [0.717, 1.165) is 25.0 Å². The molecule has 5 heteroatoms. The first-order valence-electron chi connectivity index (χ1n) is 5.92. The van der Waals surface area contributed by atoms with Gasteiger partial charge in [-0.05, 0) is 25.0 Å². The molecule has 3 atom stereocenters. The van der Waals surface area contributed by atoms with E-state index in [-0.39, 0.29) is 18.1 Å². The Morgan fingerprint density at radius 3 is 2.88 bits per heavy atom. The number of rotatable bonds is 3. The lowest BCUT2D eigenvalue weighted by atomic mass is 10.1. The molecule has 92 valence electrons. The van der Waals surface area contributed by atoms with Crippen molar-refractivity contribution >= 4 is 17.7 Å². The van der Waals surface area contributed by atoms with Crippen molar-refractivity contribution in [2.45, 2.75) is 37.5 Å². The quantitative estimate of drug-likeness (QED) is 0.783. The Bertz CT molecular complexity index is 256. The van der Waals surface area contributed by atoms with Crippen molar-refractivity contribution < 1.29 is 9.53 Å². The van der Waals surface area contributed by atoms with Crippen LogP contribution in [0.5, 0.6) is 0 Å². The lowest BCUT2D eigenvalue weighted by molar-refractivity contribution is -0.143. The van der Waals surface area contributed by atoms with Crippen molar-refractivity contribution in [2.24, 2.45) is 5.73 Å². The maximum atomic E-state index is 12.1. The summed E-state index contributed by atoms with van der Waals surface area (Å²) >= 11 is 1.92. The Hall–Kier alpha value is -0.260. The molecule has 0 aromatic heterocycles. The number of hydrogen-bond donors (Lipinski definition) is 1. The van der Waals surface area contributed by atoms with Crippen LogP contribution in [0.2, 0.25) is 0 Å². The number of carbonyl (C=O) groups is 1. The second-order valence-electron chi connectivity index (χ2n) is 4.53. The average Bonchev–Trinajstić information content (AvgIpc) is 2.97. The molecule has 0 radical (unpaired) electrons. The van der Waals surface area contributed by atoms with Crippen molar-refractivity contribution in [3.05, 3.63) is 0 Å². The topological polar surface area (TPSA) is 55.6 Å². The summed E-state index contributed by atoms with van der Waals surface area (Å²) in [6.07, 6.45) is 2.69. The Kier molecular flexibility index (Phi) is 4.10. The van der Waals surface area contributed by atoms with E-state index in [4.69, 9.17) is 10.5 Å². The molecule has 0 aromatic rings. The van der Waals surface area contributed by atoms with Gasteiger partial charge in [-0.25, -0.2) is 0 Å². The van der Waals surface area contributed by atoms with Gasteiger partial charge in [-0.3, -0.25) is 4.79 Å². The van der Waals surface area contributed by atoms with Crippen LogP contribution >= 0.6 is 11.8 Å². The van der Waals surface area contributed by atoms with Gasteiger partial charge >= 0.3 is 0 Å². The monoisotopic (exact) mass is 244 g/mol. The minimum absolute atomic E-state index is 0.0836. The minimum Gasteiger partial charge on any atom is -0.364 e. The zero-order valence-electron chi connectivity index (χ0n) is 9.72. The van der Waals surface area contributed by atoms with Gasteiger partial charge in [0.05, 0.1) is 6.10 Å². The maximum Gasteiger partial charge on any atom is 0.251 e. The predicted octanol–water partition coefficient (Wildman–Crippen LogP) is 0.457. The maximum absolute atomic E-state index is 12.1. The standard InChI is InChI=1S/C11H20N2O2S/c1-13(8-4-5-16-7-8)11(14)10-3-2-9(6-12)15-10/h8-10H,2-7,12H2,1H3. The number of amides is 1. The summed E-state index contributed by atoms with van der Waals surface area (Å²) in [6, 6.07) is 0.401. The van der Waals surface area contributed by atoms with Gasteiger partial charge in [0.15, 0.2) is 0 Å². The lowest BCUT2D eigenvalue weighted by Crippen LogP contribution is -2.43. The lowest BCUT2D eigenvalue weighted by Gasteiger charge is -2.26. The van der Waals surface area contributed by atoms with E-state index >= 15 is 0 Å². The molecule has 2 fully saturated rings. The zero-order chi connectivity index (χ0) is 11.5. The van der Waals surface area contributed by atoms with Crippen LogP contribution in [0.25, 0.3) is 0 Å². The Morgan fingerprint density at radius 2 is 2.31 bits per heavy atom. The van der Waals surface area contributed by atoms with Crippen LogP contribution in [0.4, 0.5) is 0 Å². The third kappa shape index (κ3) is 2.52. The van der Waals surface area contributed by atoms with Gasteiger partial charge in [-0.1, -0.05) is 0 Å². The number of nitrogens with two attached hydrogens (primary N) is 1. The number of thioether (sulfide) groups is 1. The Balaban J connectivity index is 1.87. The molecule has 0 aromatic carbocycles. The SMILES string of the molecule is CN(C(=O)C1CCC(CN)O1)C1CCSC1. The molecule has 2 N–H and O–H groups in total. The number of ether oxygens (including phenoxy) is 1. The van der Waals surface area contributed by atoms with Crippen LogP contribution in [0.1, 0.15) is 19.3 Å². The van der Waals surface area contributed by atoms with Crippen molar-refractivity contribution in [1.29, 1.82) is 0 Å². The van der Waals surface area contributed by atoms with Crippen molar-refractivity contribution in [3.63, 3.8) is 0 Å². The van der Waals surface area contributed by atoms with Gasteiger partial charge in [0.1, 0.15) is 6.10 Å². The van der Waals surface area contributed by atoms with E-state index in [9.17, 15) is 4.79 Å². The van der Waals surface area contributed by atoms with Gasteiger partial charge in [0.2, 0.25) is 0 Å². The molecule has 2 rings (SSSR count). The van der Waals surface area contributed by atoms with Gasteiger partial charge < -0.3 is 15.4 Å². The number of likely N-dealkylation sites (N-methyl/N-ethyl adjacent to an activating group) is 1. The summed E-state index contributed by atoms with van der Waals surface area (Å²) < 4.78 is 5.63. The average molecular weight is 244 g/mol. The van der Waals surface area contributed by atoms with Gasteiger partial charge in [0, 0.05) is 25.4 Å². The largest absolute Gasteiger partial charge is 0.364 e. The molecule has 2 aliphatic rings. The van der Waals surface area contributed by atoms with Crippen LogP contribution in [-0.4, -0.2) is 54.2 Å². The molecule has 3 unspecified atom stereocenters. The highest BCUT2D eigenvalue weighted by Gasteiger charge is 2.34. The first-order chi connectivity index (χ1) is 7.72. The summed E-state index contributed by atoms with van der Waals surface area (Å²) in [5.74, 6) is 2.37. The molecule has 0 saturated carbocycles. The molecule has 0 aliphatic carbocycles. The molecule has 2 heterocycles. The second kappa shape index (κ2) is 5.38. The molecule has 2 saturated heterocycles. The summed E-state index contributed by atoms with van der Waals surface area (Å²) in [7, 11) is 1.90. The minimum atomic E-state index is -0.246. The van der Waals surface area contributed by atoms with E-state index in [1.165, 1.54) is 5.75 Å². The molecular formula is C11H20N2O2S. The molecule has 4 nitrogen and oxygen atoms in total. The fourth-order valence-electron chi connectivity index (χ4n) is 2.30. The molecule has 16 heavy (non-hydrogen) atoms. The Morgan fingerprint density at radius 1 is 1.50 bits per heavy atom. The third-order valence-corrected chi connectivity index (χ3v) is 4.59. The molecule has 0 spiro atoms. The first kappa shape index (κ1) is 12.2. The van der Waals surface area contributed by atoms with Gasteiger partial charge in [-0.15, -0.1) is 0 Å². The summed E-state index contributed by atoms with van der Waals surface area (Å²) in [4.78, 5) is 14.0. The molecular weight excluding hydrogens is 224 g/mol. The third-order valence-electron chi connectivity index (χ3n) is 3.45. The highest BCUT2D eigenvalue weighted by Crippen LogP contribution is 2.25. The van der Waals surface area contributed by atoms with Gasteiger partial charge in [-0.2, -0.15) is 11.8 Å². The molecule has 1 amide bonds. The van der Waals surface area contributed by atoms with E-state index in [1.807, 2.05) is 23.7 Å². The summed E-state index contributed by atoms with van der Waals surface area (Å²) in [5.41, 5.74) is 5.54. The van der Waals surface area contributed by atoms with Crippen molar-refractivity contribution in [1.82, 2.24) is 4.90 Å². The van der Waals surface area contributed by atoms with Gasteiger partial charge in [0.25, 0.3) is 5.91 Å². The highest BCUT2D eigenvalue weighted by atomic mass is 32.2. The van der Waals surface area contributed by atoms with Crippen molar-refractivity contribution in [3.8, 4) is 0 Å². The molecule has 0 bridgehead atoms. The van der Waals surface area contributed by atoms with Crippen LogP contribution in [0.3, 0.4) is 0 Å². The number of carbonyl (C=O) groups excluding carboxylic acids is 1. The Labute approximate surface area is 101 Å². The van der Waals surface area contributed by atoms with Crippen LogP contribution in [0.15, 0.2) is 0 Å². The molecule has 2 aliphatic heterocycles. The van der Waals surface area contributed by atoms with Crippen LogP contribution in [-0.2, 0) is 9.53 Å². The fourth-order valence-corrected chi connectivity index (χ4v) is 3.56. The van der Waals surface area contributed by atoms with Crippen molar-refractivity contribution in [2.75, 3.05) is 25.1 Å². The predicted molar refractivity (Wildman–Crippen MR) is 65.4 cm³/mol. The van der Waals surface area contributed by atoms with E-state index < -0.39 is 0 Å². The number of nitrogens with zero attached hydrogens (tertiary/aromatic N) is 1. The smallest absolute Gasteiger partial charge is 0.251 e. The van der Waals surface area contributed by atoms with Crippen LogP contribution in [0, 0.1) is 0 Å². The fraction of sp³-hybridized carbons (Fsp3) is 0.909. The highest BCUT2D eigenvalue weighted by molar-refractivity contribution is 7.99. The summed E-state index contributed by atoms with van der Waals surface area (Å²) in [5, 5.41) is 0. The van der Waals surface area contributed by atoms with E-state index in [0.29, 0.717) is 12.6 Å². The first-order valence-corrected chi connectivity index (χ1v) is 7.07. The van der Waals surface area contributed by atoms with E-state index in [2.05, 4.69) is 0 Å².